The molecule has 3 heterocycles. The van der Waals surface area contributed by atoms with Gasteiger partial charge in [-0.2, -0.15) is 0 Å². The van der Waals surface area contributed by atoms with Gasteiger partial charge in [-0.15, -0.1) is 0 Å². The molecule has 2 fully saturated rings. The molecule has 2 bridgehead atoms. The van der Waals surface area contributed by atoms with Crippen LogP contribution in [0.4, 0.5) is 5.69 Å². The second-order valence-electron chi connectivity index (χ2n) is 8.05. The number of hydrogen-bond donors (Lipinski definition) is 1. The SMILES string of the molecule is COc1ccc(CCNC(=O)C2C3C(=O)N(c4ccccc4)C[C@]34C=C[C@H]2O4)cc1. The molecule has 6 heteroatoms. The first-order chi connectivity index (χ1) is 14.6. The third kappa shape index (κ3) is 2.99. The van der Waals surface area contributed by atoms with E-state index in [1.165, 1.54) is 0 Å². The number of nitrogens with one attached hydrogen (secondary N) is 1. The van der Waals surface area contributed by atoms with Crippen LogP contribution in [-0.4, -0.2) is 43.7 Å². The molecule has 3 aliphatic rings. The fourth-order valence-electron chi connectivity index (χ4n) is 4.86. The van der Waals surface area contributed by atoms with Gasteiger partial charge in [-0.05, 0) is 36.2 Å². The van der Waals surface area contributed by atoms with Gasteiger partial charge in [0.25, 0.3) is 0 Å². The predicted molar refractivity (Wildman–Crippen MR) is 112 cm³/mol. The zero-order chi connectivity index (χ0) is 20.7. The molecule has 0 radical (unpaired) electrons. The number of hydrogen-bond acceptors (Lipinski definition) is 4. The maximum absolute atomic E-state index is 13.3. The maximum Gasteiger partial charge on any atom is 0.234 e. The Morgan fingerprint density at radius 2 is 1.97 bits per heavy atom. The van der Waals surface area contributed by atoms with Crippen molar-refractivity contribution in [2.45, 2.75) is 18.1 Å². The number of anilines is 1. The molecule has 6 nitrogen and oxygen atoms in total. The normalized spacial score (nSPS) is 28.6. The predicted octanol–water partition coefficient (Wildman–Crippen LogP) is 2.34. The van der Waals surface area contributed by atoms with Crippen LogP contribution in [0.1, 0.15) is 5.56 Å². The van der Waals surface area contributed by atoms with Crippen LogP contribution in [0.15, 0.2) is 66.7 Å². The van der Waals surface area contributed by atoms with E-state index in [4.69, 9.17) is 9.47 Å². The number of fused-ring (bicyclic) bond motifs is 1. The summed E-state index contributed by atoms with van der Waals surface area (Å²) in [5.74, 6) is -0.321. The number of carbonyl (C=O) groups is 2. The molecule has 30 heavy (non-hydrogen) atoms. The fourth-order valence-corrected chi connectivity index (χ4v) is 4.86. The summed E-state index contributed by atoms with van der Waals surface area (Å²) in [7, 11) is 1.64. The van der Waals surface area contributed by atoms with Crippen LogP contribution >= 0.6 is 0 Å². The molecule has 2 aromatic rings. The summed E-state index contributed by atoms with van der Waals surface area (Å²) < 4.78 is 11.4. The van der Waals surface area contributed by atoms with Crippen molar-refractivity contribution < 1.29 is 19.1 Å². The van der Waals surface area contributed by atoms with Gasteiger partial charge in [0.15, 0.2) is 0 Å². The minimum atomic E-state index is -0.699. The Morgan fingerprint density at radius 1 is 1.20 bits per heavy atom. The zero-order valence-corrected chi connectivity index (χ0v) is 16.8. The molecule has 4 atom stereocenters. The van der Waals surface area contributed by atoms with Crippen molar-refractivity contribution >= 4 is 17.5 Å². The summed E-state index contributed by atoms with van der Waals surface area (Å²) in [5.41, 5.74) is 1.25. The van der Waals surface area contributed by atoms with Crippen molar-refractivity contribution in [2.75, 3.05) is 25.1 Å². The van der Waals surface area contributed by atoms with Crippen LogP contribution in [0.5, 0.6) is 5.75 Å². The van der Waals surface area contributed by atoms with Crippen molar-refractivity contribution in [2.24, 2.45) is 11.8 Å². The van der Waals surface area contributed by atoms with Crippen LogP contribution in [-0.2, 0) is 20.7 Å². The van der Waals surface area contributed by atoms with E-state index in [1.807, 2.05) is 66.7 Å². The summed E-state index contributed by atoms with van der Waals surface area (Å²) >= 11 is 0. The topological polar surface area (TPSA) is 67.9 Å². The summed E-state index contributed by atoms with van der Waals surface area (Å²) in [5, 5.41) is 3.02. The van der Waals surface area contributed by atoms with Crippen molar-refractivity contribution in [3.63, 3.8) is 0 Å². The van der Waals surface area contributed by atoms with Crippen LogP contribution < -0.4 is 15.0 Å². The van der Waals surface area contributed by atoms with E-state index in [0.29, 0.717) is 19.5 Å². The first kappa shape index (κ1) is 18.9. The molecule has 2 aromatic carbocycles. The van der Waals surface area contributed by atoms with E-state index in [9.17, 15) is 9.59 Å². The van der Waals surface area contributed by atoms with Gasteiger partial charge in [0.05, 0.1) is 31.6 Å². The highest BCUT2D eigenvalue weighted by atomic mass is 16.5. The smallest absolute Gasteiger partial charge is 0.234 e. The molecule has 2 saturated heterocycles. The van der Waals surface area contributed by atoms with Gasteiger partial charge in [-0.3, -0.25) is 9.59 Å². The number of methoxy groups -OCH3 is 1. The Hall–Kier alpha value is -3.12. The average Bonchev–Trinajstić information content (AvgIpc) is 3.43. The summed E-state index contributed by atoms with van der Waals surface area (Å²) in [4.78, 5) is 28.0. The van der Waals surface area contributed by atoms with Gasteiger partial charge >= 0.3 is 0 Å². The molecule has 1 N–H and O–H groups in total. The molecular formula is C24H24N2O4. The molecule has 0 aromatic heterocycles. The summed E-state index contributed by atoms with van der Waals surface area (Å²) in [6.07, 6.45) is 4.29. The van der Waals surface area contributed by atoms with Crippen LogP contribution in [0, 0.1) is 11.8 Å². The minimum absolute atomic E-state index is 0.0386. The van der Waals surface area contributed by atoms with E-state index in [0.717, 1.165) is 17.0 Å². The lowest BCUT2D eigenvalue weighted by atomic mass is 9.77. The number of nitrogens with zero attached hydrogens (tertiary/aromatic N) is 1. The number of carbonyl (C=O) groups excluding carboxylic acids is 2. The van der Waals surface area contributed by atoms with Gasteiger partial charge in [0, 0.05) is 12.2 Å². The molecule has 0 saturated carbocycles. The van der Waals surface area contributed by atoms with E-state index in [2.05, 4.69) is 5.32 Å². The molecular weight excluding hydrogens is 380 g/mol. The summed E-state index contributed by atoms with van der Waals surface area (Å²) in [6, 6.07) is 17.4. The molecule has 3 aliphatic heterocycles. The molecule has 2 amide bonds. The Labute approximate surface area is 175 Å². The van der Waals surface area contributed by atoms with E-state index >= 15 is 0 Å². The van der Waals surface area contributed by atoms with Gasteiger partial charge < -0.3 is 19.7 Å². The second kappa shape index (κ2) is 7.29. The first-order valence-corrected chi connectivity index (χ1v) is 10.3. The molecule has 154 valence electrons. The third-order valence-corrected chi connectivity index (χ3v) is 6.34. The van der Waals surface area contributed by atoms with Crippen molar-refractivity contribution in [3.05, 3.63) is 72.3 Å². The largest absolute Gasteiger partial charge is 0.497 e. The second-order valence-corrected chi connectivity index (χ2v) is 8.05. The number of ether oxygens (including phenoxy) is 2. The van der Waals surface area contributed by atoms with Gasteiger partial charge in [-0.25, -0.2) is 0 Å². The Balaban J connectivity index is 1.27. The number of amides is 2. The number of benzene rings is 2. The highest BCUT2D eigenvalue weighted by Gasteiger charge is 2.66. The highest BCUT2D eigenvalue weighted by Crippen LogP contribution is 2.52. The molecule has 1 spiro atoms. The third-order valence-electron chi connectivity index (χ3n) is 6.34. The lowest BCUT2D eigenvalue weighted by Gasteiger charge is -2.23. The standard InChI is InChI=1S/C24H24N2O4/c1-29-18-9-7-16(8-10-18)12-14-25-22(27)20-19-11-13-24(30-19)15-26(23(28)21(20)24)17-5-3-2-4-6-17/h2-11,13,19-21H,12,14-15H2,1H3,(H,25,27)/t19-,20?,21?,24-/m1/s1. The van der Waals surface area contributed by atoms with E-state index < -0.39 is 17.4 Å². The van der Waals surface area contributed by atoms with Gasteiger partial charge in [0.1, 0.15) is 11.4 Å². The number of rotatable bonds is 6. The van der Waals surface area contributed by atoms with E-state index in [-0.39, 0.29) is 17.9 Å². The van der Waals surface area contributed by atoms with Gasteiger partial charge in [-0.1, -0.05) is 42.5 Å². The Morgan fingerprint density at radius 3 is 2.70 bits per heavy atom. The van der Waals surface area contributed by atoms with Gasteiger partial charge in [0.2, 0.25) is 11.8 Å². The minimum Gasteiger partial charge on any atom is -0.497 e. The van der Waals surface area contributed by atoms with Crippen LogP contribution in [0.3, 0.4) is 0 Å². The van der Waals surface area contributed by atoms with Crippen molar-refractivity contribution in [1.82, 2.24) is 5.32 Å². The van der Waals surface area contributed by atoms with Crippen LogP contribution in [0.2, 0.25) is 0 Å². The monoisotopic (exact) mass is 404 g/mol. The average molecular weight is 404 g/mol. The lowest BCUT2D eigenvalue weighted by Crippen LogP contribution is -2.44. The van der Waals surface area contributed by atoms with E-state index in [1.54, 1.807) is 12.0 Å². The van der Waals surface area contributed by atoms with Crippen molar-refractivity contribution in [3.8, 4) is 5.75 Å². The lowest BCUT2D eigenvalue weighted by molar-refractivity contribution is -0.131. The quantitative estimate of drug-likeness (QED) is 0.751. The molecule has 5 rings (SSSR count). The Kier molecular flexibility index (Phi) is 4.59. The zero-order valence-electron chi connectivity index (χ0n) is 16.8. The highest BCUT2D eigenvalue weighted by molar-refractivity contribution is 6.03. The Bertz CT molecular complexity index is 988. The maximum atomic E-state index is 13.3. The van der Waals surface area contributed by atoms with Crippen LogP contribution in [0.25, 0.3) is 0 Å². The molecule has 2 unspecified atom stereocenters. The summed E-state index contributed by atoms with van der Waals surface area (Å²) in [6.45, 7) is 0.956. The fraction of sp³-hybridized carbons (Fsp3) is 0.333. The van der Waals surface area contributed by atoms with Crippen molar-refractivity contribution in [1.29, 1.82) is 0 Å². The molecule has 0 aliphatic carbocycles. The number of para-hydroxylation sites is 1. The first-order valence-electron chi connectivity index (χ1n) is 10.3.